The van der Waals surface area contributed by atoms with Crippen LogP contribution >= 0.6 is 23.2 Å². The third-order valence-corrected chi connectivity index (χ3v) is 5.34. The number of halogens is 2. The average Bonchev–Trinajstić information content (AvgIpc) is 3.30. The van der Waals surface area contributed by atoms with Crippen LogP contribution in [-0.4, -0.2) is 35.8 Å². The monoisotopic (exact) mass is 457 g/mol. The molecule has 1 aromatic heterocycles. The number of amides is 1. The predicted octanol–water partition coefficient (Wildman–Crippen LogP) is 5.14. The van der Waals surface area contributed by atoms with Gasteiger partial charge in [-0.2, -0.15) is 5.10 Å². The van der Waals surface area contributed by atoms with Crippen molar-refractivity contribution in [3.8, 4) is 5.75 Å². The molecule has 0 bridgehead atoms. The molecule has 160 valence electrons. The van der Waals surface area contributed by atoms with Crippen molar-refractivity contribution < 1.29 is 9.53 Å². The summed E-state index contributed by atoms with van der Waals surface area (Å²) in [5.41, 5.74) is 2.56. The number of nitrogens with zero attached hydrogens (tertiary/aromatic N) is 3. The summed E-state index contributed by atoms with van der Waals surface area (Å²) in [5.74, 6) is 0.781. The Labute approximate surface area is 190 Å². The van der Waals surface area contributed by atoms with Crippen molar-refractivity contribution in [2.75, 3.05) is 35.2 Å². The van der Waals surface area contributed by atoms with Gasteiger partial charge in [-0.15, -0.1) is 5.10 Å². The molecule has 1 aliphatic heterocycles. The number of aromatic nitrogens is 2. The lowest BCUT2D eigenvalue weighted by atomic mass is 10.2. The van der Waals surface area contributed by atoms with E-state index in [1.807, 2.05) is 18.2 Å². The molecule has 0 atom stereocenters. The zero-order chi connectivity index (χ0) is 21.6. The van der Waals surface area contributed by atoms with Crippen LogP contribution in [0.3, 0.4) is 0 Å². The van der Waals surface area contributed by atoms with Crippen molar-refractivity contribution >= 4 is 52.0 Å². The number of rotatable bonds is 7. The highest BCUT2D eigenvalue weighted by Gasteiger charge is 2.13. The maximum absolute atomic E-state index is 12.2. The van der Waals surface area contributed by atoms with Crippen molar-refractivity contribution in [3.05, 3.63) is 64.8 Å². The molecule has 2 N–H and O–H groups in total. The van der Waals surface area contributed by atoms with Gasteiger partial charge in [-0.1, -0.05) is 23.2 Å². The third kappa shape index (κ3) is 5.77. The fourth-order valence-corrected chi connectivity index (χ4v) is 3.75. The molecule has 4 rings (SSSR count). The molecule has 0 aliphatic carbocycles. The van der Waals surface area contributed by atoms with Crippen LogP contribution in [0.5, 0.6) is 5.75 Å². The van der Waals surface area contributed by atoms with Crippen molar-refractivity contribution in [1.29, 1.82) is 0 Å². The van der Waals surface area contributed by atoms with Crippen molar-refractivity contribution in [1.82, 2.24) is 10.2 Å². The van der Waals surface area contributed by atoms with E-state index in [1.165, 1.54) is 12.8 Å². The molecule has 1 saturated heterocycles. The fraction of sp³-hybridized carbons (Fsp3) is 0.227. The first-order valence-electron chi connectivity index (χ1n) is 9.89. The average molecular weight is 458 g/mol. The zero-order valence-corrected chi connectivity index (χ0v) is 18.2. The number of anilines is 4. The molecule has 31 heavy (non-hydrogen) atoms. The number of ether oxygens (including phenoxy) is 1. The summed E-state index contributed by atoms with van der Waals surface area (Å²) >= 11 is 11.9. The fourth-order valence-electron chi connectivity index (χ4n) is 3.28. The Kier molecular flexibility index (Phi) is 6.74. The van der Waals surface area contributed by atoms with Crippen LogP contribution in [0.4, 0.5) is 22.9 Å². The van der Waals surface area contributed by atoms with Crippen LogP contribution < -0.4 is 20.3 Å². The summed E-state index contributed by atoms with van der Waals surface area (Å²) in [4.78, 5) is 14.5. The van der Waals surface area contributed by atoms with E-state index in [4.69, 9.17) is 27.9 Å². The van der Waals surface area contributed by atoms with Gasteiger partial charge in [0.05, 0.1) is 16.9 Å². The molecule has 1 fully saturated rings. The second kappa shape index (κ2) is 9.85. The summed E-state index contributed by atoms with van der Waals surface area (Å²) in [6.45, 7) is 1.93. The molecule has 0 unspecified atom stereocenters. The van der Waals surface area contributed by atoms with E-state index >= 15 is 0 Å². The van der Waals surface area contributed by atoms with Gasteiger partial charge in [0.2, 0.25) is 0 Å². The lowest BCUT2D eigenvalue weighted by molar-refractivity contribution is -0.118. The molecule has 1 amide bonds. The molecule has 0 radical (unpaired) electrons. The predicted molar refractivity (Wildman–Crippen MR) is 124 cm³/mol. The van der Waals surface area contributed by atoms with E-state index in [1.54, 1.807) is 36.5 Å². The lowest BCUT2D eigenvalue weighted by Gasteiger charge is -2.17. The largest absolute Gasteiger partial charge is 0.482 e. The number of nitrogens with one attached hydrogen (secondary N) is 2. The molecule has 3 aromatic rings. The maximum Gasteiger partial charge on any atom is 0.262 e. The number of hydrogen-bond donors (Lipinski definition) is 2. The third-order valence-electron chi connectivity index (χ3n) is 4.81. The van der Waals surface area contributed by atoms with E-state index in [9.17, 15) is 4.79 Å². The first-order valence-corrected chi connectivity index (χ1v) is 10.6. The second-order valence-corrected chi connectivity index (χ2v) is 7.95. The minimum absolute atomic E-state index is 0.166. The maximum atomic E-state index is 12.2. The number of benzene rings is 2. The summed E-state index contributed by atoms with van der Waals surface area (Å²) in [6.07, 6.45) is 4.19. The van der Waals surface area contributed by atoms with Gasteiger partial charge < -0.3 is 20.3 Å². The van der Waals surface area contributed by atoms with Gasteiger partial charge in [0.15, 0.2) is 12.4 Å². The summed E-state index contributed by atoms with van der Waals surface area (Å²) in [5, 5.41) is 15.1. The summed E-state index contributed by atoms with van der Waals surface area (Å²) in [7, 11) is 0. The lowest BCUT2D eigenvalue weighted by Crippen LogP contribution is -2.20. The van der Waals surface area contributed by atoms with Crippen molar-refractivity contribution in [2.45, 2.75) is 12.8 Å². The van der Waals surface area contributed by atoms with E-state index in [0.717, 1.165) is 24.5 Å². The van der Waals surface area contributed by atoms with Crippen LogP contribution in [0.2, 0.25) is 10.0 Å². The molecule has 2 aromatic carbocycles. The topological polar surface area (TPSA) is 79.4 Å². The summed E-state index contributed by atoms with van der Waals surface area (Å²) < 4.78 is 5.45. The minimum Gasteiger partial charge on any atom is -0.482 e. The van der Waals surface area contributed by atoms with Gasteiger partial charge in [-0.25, -0.2) is 0 Å². The molecular formula is C22H21Cl2N5O2. The van der Waals surface area contributed by atoms with Gasteiger partial charge >= 0.3 is 0 Å². The molecule has 0 spiro atoms. The Balaban J connectivity index is 1.31. The molecule has 0 saturated carbocycles. The second-order valence-electron chi connectivity index (χ2n) is 7.11. The number of carbonyl (C=O) groups excluding carboxylic acids is 1. The van der Waals surface area contributed by atoms with Crippen molar-refractivity contribution in [2.24, 2.45) is 0 Å². The molecule has 1 aliphatic rings. The first-order chi connectivity index (χ1) is 15.1. The highest BCUT2D eigenvalue weighted by molar-refractivity contribution is 6.35. The Morgan fingerprint density at radius 1 is 1.03 bits per heavy atom. The van der Waals surface area contributed by atoms with E-state index in [0.29, 0.717) is 27.3 Å². The number of carbonyl (C=O) groups is 1. The van der Waals surface area contributed by atoms with Gasteiger partial charge in [0.25, 0.3) is 5.91 Å². The Bertz CT molecular complexity index is 1060. The van der Waals surface area contributed by atoms with Crippen molar-refractivity contribution in [3.63, 3.8) is 0 Å². The summed E-state index contributed by atoms with van der Waals surface area (Å²) in [6, 6.07) is 14.1. The van der Waals surface area contributed by atoms with Gasteiger partial charge in [0, 0.05) is 35.6 Å². The van der Waals surface area contributed by atoms with Gasteiger partial charge in [0.1, 0.15) is 5.75 Å². The highest BCUT2D eigenvalue weighted by Crippen LogP contribution is 2.27. The molecule has 7 nitrogen and oxygen atoms in total. The quantitative estimate of drug-likeness (QED) is 0.510. The van der Waals surface area contributed by atoms with Crippen LogP contribution in [0, 0.1) is 0 Å². The smallest absolute Gasteiger partial charge is 0.262 e. The van der Waals surface area contributed by atoms with Crippen LogP contribution in [-0.2, 0) is 4.79 Å². The Hall–Kier alpha value is -3.03. The normalized spacial score (nSPS) is 13.2. The van der Waals surface area contributed by atoms with Gasteiger partial charge in [-0.05, 0) is 55.3 Å². The van der Waals surface area contributed by atoms with Gasteiger partial charge in [-0.3, -0.25) is 4.79 Å². The Morgan fingerprint density at radius 2 is 1.77 bits per heavy atom. The highest BCUT2D eigenvalue weighted by atomic mass is 35.5. The van der Waals surface area contributed by atoms with E-state index in [-0.39, 0.29) is 12.5 Å². The molecule has 9 heteroatoms. The minimum atomic E-state index is -0.295. The first kappa shape index (κ1) is 21.2. The number of hydrogen-bond acceptors (Lipinski definition) is 6. The van der Waals surface area contributed by atoms with E-state index < -0.39 is 0 Å². The van der Waals surface area contributed by atoms with Crippen LogP contribution in [0.1, 0.15) is 12.8 Å². The Morgan fingerprint density at radius 3 is 2.52 bits per heavy atom. The zero-order valence-electron chi connectivity index (χ0n) is 16.6. The SMILES string of the molecule is O=C(COc1ccc(Cl)cc1Cl)Nc1ccc(Nc2cc(N3CCCC3)cnn2)cc1. The van der Waals surface area contributed by atoms with Crippen LogP contribution in [0.25, 0.3) is 0 Å². The van der Waals surface area contributed by atoms with E-state index in [2.05, 4.69) is 25.7 Å². The standard InChI is InChI=1S/C22H21Cl2N5O2/c23-15-3-8-20(19(24)11-15)31-14-22(30)27-17-6-4-16(5-7-17)26-21-12-18(13-25-28-21)29-9-1-2-10-29/h3-8,11-13H,1-2,9-10,14H2,(H,26,28)(H,27,30). The molecule has 2 heterocycles. The molecular weight excluding hydrogens is 437 g/mol. The van der Waals surface area contributed by atoms with Crippen LogP contribution in [0.15, 0.2) is 54.7 Å².